The summed E-state index contributed by atoms with van der Waals surface area (Å²) in [6, 6.07) is 0.773. The average Bonchev–Trinajstić information content (AvgIpc) is 2.34. The third kappa shape index (κ3) is 2.68. The molecule has 0 saturated carbocycles. The molecule has 0 amide bonds. The van der Waals surface area contributed by atoms with Gasteiger partial charge >= 0.3 is 0 Å². The van der Waals surface area contributed by atoms with Crippen molar-refractivity contribution in [2.24, 2.45) is 0 Å². The molecule has 1 saturated heterocycles. The van der Waals surface area contributed by atoms with Crippen LogP contribution in [-0.4, -0.2) is 48.1 Å². The summed E-state index contributed by atoms with van der Waals surface area (Å²) in [4.78, 5) is 5.05. The molecule has 0 bridgehead atoms. The molecular weight excluding hydrogens is 160 g/mol. The van der Waals surface area contributed by atoms with Gasteiger partial charge in [0.2, 0.25) is 0 Å². The third-order valence-electron chi connectivity index (χ3n) is 3.01. The Labute approximate surface area is 82.9 Å². The fourth-order valence-electron chi connectivity index (χ4n) is 2.45. The van der Waals surface area contributed by atoms with Gasteiger partial charge in [-0.3, -0.25) is 4.90 Å². The van der Waals surface area contributed by atoms with Crippen molar-refractivity contribution in [1.82, 2.24) is 9.80 Å². The van der Waals surface area contributed by atoms with Crippen LogP contribution in [0.2, 0.25) is 0 Å². The van der Waals surface area contributed by atoms with Crippen LogP contribution < -0.4 is 0 Å². The van der Waals surface area contributed by atoms with Crippen LogP contribution in [0, 0.1) is 0 Å². The molecule has 0 radical (unpaired) electrons. The van der Waals surface area contributed by atoms with E-state index in [0.29, 0.717) is 5.54 Å². The van der Waals surface area contributed by atoms with E-state index in [-0.39, 0.29) is 0 Å². The Kier molecular flexibility index (Phi) is 3.36. The standard InChI is InChI=1S/C11H24N2/c1-6-13(11(2,3)4)10-7-8-12(5)9-10/h10H,6-9H2,1-5H3. The van der Waals surface area contributed by atoms with Gasteiger partial charge in [-0.05, 0) is 47.3 Å². The van der Waals surface area contributed by atoms with E-state index in [1.54, 1.807) is 0 Å². The Hall–Kier alpha value is -0.0800. The number of likely N-dealkylation sites (tertiary alicyclic amines) is 1. The van der Waals surface area contributed by atoms with Crippen LogP contribution in [0.3, 0.4) is 0 Å². The van der Waals surface area contributed by atoms with Crippen molar-refractivity contribution in [2.45, 2.75) is 45.7 Å². The van der Waals surface area contributed by atoms with Crippen molar-refractivity contribution in [2.75, 3.05) is 26.7 Å². The number of hydrogen-bond donors (Lipinski definition) is 0. The highest BCUT2D eigenvalue weighted by atomic mass is 15.3. The molecule has 1 fully saturated rings. The van der Waals surface area contributed by atoms with Gasteiger partial charge in [-0.2, -0.15) is 0 Å². The maximum atomic E-state index is 2.62. The van der Waals surface area contributed by atoms with Gasteiger partial charge in [0, 0.05) is 18.1 Å². The summed E-state index contributed by atoms with van der Waals surface area (Å²) in [6.07, 6.45) is 1.33. The number of rotatable bonds is 2. The predicted molar refractivity (Wildman–Crippen MR) is 58.0 cm³/mol. The maximum absolute atomic E-state index is 2.62. The lowest BCUT2D eigenvalue weighted by molar-refractivity contribution is 0.0928. The first-order valence-corrected chi connectivity index (χ1v) is 5.40. The second-order valence-corrected chi connectivity index (χ2v) is 5.16. The number of nitrogens with zero attached hydrogens (tertiary/aromatic N) is 2. The van der Waals surface area contributed by atoms with Crippen LogP contribution in [0.25, 0.3) is 0 Å². The highest BCUT2D eigenvalue weighted by Crippen LogP contribution is 2.22. The van der Waals surface area contributed by atoms with E-state index in [9.17, 15) is 0 Å². The molecular formula is C11H24N2. The Morgan fingerprint density at radius 1 is 1.38 bits per heavy atom. The van der Waals surface area contributed by atoms with Gasteiger partial charge in [0.05, 0.1) is 0 Å². The van der Waals surface area contributed by atoms with E-state index in [4.69, 9.17) is 0 Å². The van der Waals surface area contributed by atoms with E-state index < -0.39 is 0 Å². The minimum Gasteiger partial charge on any atom is -0.305 e. The van der Waals surface area contributed by atoms with Gasteiger partial charge < -0.3 is 4.90 Å². The molecule has 0 aliphatic carbocycles. The zero-order valence-corrected chi connectivity index (χ0v) is 9.80. The fraction of sp³-hybridized carbons (Fsp3) is 1.00. The van der Waals surface area contributed by atoms with Crippen LogP contribution in [0.1, 0.15) is 34.1 Å². The van der Waals surface area contributed by atoms with Crippen molar-refractivity contribution >= 4 is 0 Å². The molecule has 78 valence electrons. The molecule has 1 heterocycles. The molecule has 0 aromatic rings. The molecule has 2 nitrogen and oxygen atoms in total. The molecule has 0 N–H and O–H groups in total. The van der Waals surface area contributed by atoms with Gasteiger partial charge in [0.15, 0.2) is 0 Å². The molecule has 1 rings (SSSR count). The molecule has 0 aromatic heterocycles. The van der Waals surface area contributed by atoms with Crippen molar-refractivity contribution < 1.29 is 0 Å². The third-order valence-corrected chi connectivity index (χ3v) is 3.01. The summed E-state index contributed by atoms with van der Waals surface area (Å²) >= 11 is 0. The summed E-state index contributed by atoms with van der Waals surface area (Å²) in [6.45, 7) is 12.9. The molecule has 2 heteroatoms. The van der Waals surface area contributed by atoms with E-state index in [2.05, 4.69) is 44.5 Å². The van der Waals surface area contributed by atoms with Crippen molar-refractivity contribution in [3.8, 4) is 0 Å². The lowest BCUT2D eigenvalue weighted by Crippen LogP contribution is -2.48. The molecule has 1 aliphatic heterocycles. The second-order valence-electron chi connectivity index (χ2n) is 5.16. The summed E-state index contributed by atoms with van der Waals surface area (Å²) < 4.78 is 0. The first-order chi connectivity index (χ1) is 5.95. The molecule has 13 heavy (non-hydrogen) atoms. The van der Waals surface area contributed by atoms with Crippen LogP contribution >= 0.6 is 0 Å². The predicted octanol–water partition coefficient (Wildman–Crippen LogP) is 1.81. The minimum absolute atomic E-state index is 0.324. The van der Waals surface area contributed by atoms with E-state index in [1.165, 1.54) is 26.1 Å². The monoisotopic (exact) mass is 184 g/mol. The fourth-order valence-corrected chi connectivity index (χ4v) is 2.45. The highest BCUT2D eigenvalue weighted by molar-refractivity contribution is 4.87. The quantitative estimate of drug-likeness (QED) is 0.646. The maximum Gasteiger partial charge on any atom is 0.0240 e. The summed E-state index contributed by atoms with van der Waals surface area (Å²) in [5, 5.41) is 0. The smallest absolute Gasteiger partial charge is 0.0240 e. The lowest BCUT2D eigenvalue weighted by Gasteiger charge is -2.39. The summed E-state index contributed by atoms with van der Waals surface area (Å²) in [5.74, 6) is 0. The second kappa shape index (κ2) is 3.97. The SMILES string of the molecule is CCN(C1CCN(C)C1)C(C)(C)C. The van der Waals surface area contributed by atoms with E-state index in [0.717, 1.165) is 6.04 Å². The normalized spacial score (nSPS) is 25.8. The first-order valence-electron chi connectivity index (χ1n) is 5.40. The van der Waals surface area contributed by atoms with Gasteiger partial charge in [-0.15, -0.1) is 0 Å². The van der Waals surface area contributed by atoms with Gasteiger partial charge in [-0.25, -0.2) is 0 Å². The van der Waals surface area contributed by atoms with E-state index in [1.807, 2.05) is 0 Å². The largest absolute Gasteiger partial charge is 0.305 e. The van der Waals surface area contributed by atoms with Crippen molar-refractivity contribution in [3.63, 3.8) is 0 Å². The Balaban J connectivity index is 2.57. The van der Waals surface area contributed by atoms with Crippen LogP contribution in [-0.2, 0) is 0 Å². The van der Waals surface area contributed by atoms with Crippen LogP contribution in [0.4, 0.5) is 0 Å². The van der Waals surface area contributed by atoms with Crippen LogP contribution in [0.5, 0.6) is 0 Å². The summed E-state index contributed by atoms with van der Waals surface area (Å²) in [7, 11) is 2.22. The number of likely N-dealkylation sites (N-methyl/N-ethyl adjacent to an activating group) is 2. The molecule has 0 spiro atoms. The molecule has 1 atom stereocenters. The number of hydrogen-bond acceptors (Lipinski definition) is 2. The van der Waals surface area contributed by atoms with Gasteiger partial charge in [0.1, 0.15) is 0 Å². The zero-order chi connectivity index (χ0) is 10.1. The van der Waals surface area contributed by atoms with Gasteiger partial charge in [0.25, 0.3) is 0 Å². The Morgan fingerprint density at radius 3 is 2.31 bits per heavy atom. The molecule has 1 aliphatic rings. The topological polar surface area (TPSA) is 6.48 Å². The first kappa shape index (κ1) is 11.0. The van der Waals surface area contributed by atoms with Crippen molar-refractivity contribution in [3.05, 3.63) is 0 Å². The Morgan fingerprint density at radius 2 is 2.00 bits per heavy atom. The van der Waals surface area contributed by atoms with Gasteiger partial charge in [-0.1, -0.05) is 6.92 Å². The lowest BCUT2D eigenvalue weighted by atomic mass is 10.0. The highest BCUT2D eigenvalue weighted by Gasteiger charge is 2.31. The average molecular weight is 184 g/mol. The van der Waals surface area contributed by atoms with Crippen LogP contribution in [0.15, 0.2) is 0 Å². The summed E-state index contributed by atoms with van der Waals surface area (Å²) in [5.41, 5.74) is 0.324. The van der Waals surface area contributed by atoms with E-state index >= 15 is 0 Å². The Bertz CT molecular complexity index is 160. The van der Waals surface area contributed by atoms with Crippen molar-refractivity contribution in [1.29, 1.82) is 0 Å². The molecule has 0 aromatic carbocycles. The molecule has 1 unspecified atom stereocenters. The zero-order valence-electron chi connectivity index (χ0n) is 9.80. The minimum atomic E-state index is 0.324.